The van der Waals surface area contributed by atoms with Gasteiger partial charge in [0.1, 0.15) is 0 Å². The van der Waals surface area contributed by atoms with E-state index < -0.39 is 5.95 Å². The third kappa shape index (κ3) is 3.78. The summed E-state index contributed by atoms with van der Waals surface area (Å²) >= 11 is 1.54. The van der Waals surface area contributed by atoms with Gasteiger partial charge in [0.15, 0.2) is 4.80 Å². The van der Waals surface area contributed by atoms with Crippen LogP contribution in [0.15, 0.2) is 90.2 Å². The van der Waals surface area contributed by atoms with Crippen LogP contribution in [0.5, 0.6) is 0 Å². The number of rotatable bonds is 4. The minimum Gasteiger partial charge on any atom is -0.319 e. The minimum absolute atomic E-state index is 0.480. The molecule has 4 aromatic rings. The van der Waals surface area contributed by atoms with Crippen molar-refractivity contribution in [2.45, 2.75) is 6.54 Å². The third-order valence-corrected chi connectivity index (χ3v) is 4.98. The van der Waals surface area contributed by atoms with Gasteiger partial charge in [-0.2, -0.15) is 4.39 Å². The highest BCUT2D eigenvalue weighted by Crippen LogP contribution is 2.23. The standard InChI is InChI=1S/C21H16FN3S/c22-20-13-17(11-12-23-20)19-15-25(14-16-7-3-1-4-8-16)21(26-19)24-18-9-5-2-6-10-18/h1-13,15H,14H2/b24-21+. The second-order valence-electron chi connectivity index (χ2n) is 5.81. The van der Waals surface area contributed by atoms with Gasteiger partial charge in [0.2, 0.25) is 5.95 Å². The Kier molecular flexibility index (Phi) is 4.71. The smallest absolute Gasteiger partial charge is 0.213 e. The summed E-state index contributed by atoms with van der Waals surface area (Å²) in [5.41, 5.74) is 2.88. The van der Waals surface area contributed by atoms with Gasteiger partial charge in [0, 0.05) is 25.0 Å². The average Bonchev–Trinajstić information content (AvgIpc) is 3.06. The van der Waals surface area contributed by atoms with Crippen molar-refractivity contribution in [3.8, 4) is 10.4 Å². The molecule has 2 aromatic heterocycles. The van der Waals surface area contributed by atoms with E-state index in [1.54, 1.807) is 0 Å². The Morgan fingerprint density at radius 1 is 0.962 bits per heavy atom. The monoisotopic (exact) mass is 361 g/mol. The molecule has 26 heavy (non-hydrogen) atoms. The van der Waals surface area contributed by atoms with Crippen LogP contribution in [0.3, 0.4) is 0 Å². The van der Waals surface area contributed by atoms with Crippen LogP contribution in [-0.2, 0) is 6.54 Å². The first-order chi connectivity index (χ1) is 12.8. The van der Waals surface area contributed by atoms with E-state index in [-0.39, 0.29) is 0 Å². The maximum Gasteiger partial charge on any atom is 0.213 e. The van der Waals surface area contributed by atoms with Gasteiger partial charge in [-0.15, -0.1) is 0 Å². The Labute approximate surface area is 154 Å². The predicted octanol–water partition coefficient (Wildman–Crippen LogP) is 5.03. The maximum absolute atomic E-state index is 13.5. The first-order valence-electron chi connectivity index (χ1n) is 8.24. The van der Waals surface area contributed by atoms with Crippen molar-refractivity contribution in [2.24, 2.45) is 4.99 Å². The Balaban J connectivity index is 1.81. The van der Waals surface area contributed by atoms with E-state index in [9.17, 15) is 4.39 Å². The molecule has 0 saturated carbocycles. The summed E-state index contributed by atoms with van der Waals surface area (Å²) in [5, 5.41) is 0. The summed E-state index contributed by atoms with van der Waals surface area (Å²) < 4.78 is 15.6. The zero-order valence-corrected chi connectivity index (χ0v) is 14.7. The van der Waals surface area contributed by atoms with Crippen LogP contribution in [0.25, 0.3) is 10.4 Å². The summed E-state index contributed by atoms with van der Waals surface area (Å²) in [7, 11) is 0. The number of thiazole rings is 1. The molecular weight excluding hydrogens is 345 g/mol. The van der Waals surface area contributed by atoms with Gasteiger partial charge < -0.3 is 4.57 Å². The number of nitrogens with zero attached hydrogens (tertiary/aromatic N) is 3. The van der Waals surface area contributed by atoms with Crippen LogP contribution in [0, 0.1) is 5.95 Å². The molecule has 128 valence electrons. The van der Waals surface area contributed by atoms with Crippen molar-refractivity contribution in [3.05, 3.63) is 102 Å². The van der Waals surface area contributed by atoms with Crippen LogP contribution >= 0.6 is 11.3 Å². The van der Waals surface area contributed by atoms with E-state index in [1.165, 1.54) is 29.2 Å². The van der Waals surface area contributed by atoms with Crippen LogP contribution < -0.4 is 4.80 Å². The van der Waals surface area contributed by atoms with Crippen LogP contribution in [0.4, 0.5) is 10.1 Å². The Morgan fingerprint density at radius 2 is 1.69 bits per heavy atom. The second kappa shape index (κ2) is 7.45. The molecule has 0 atom stereocenters. The summed E-state index contributed by atoms with van der Waals surface area (Å²) in [4.78, 5) is 10.2. The molecule has 0 fully saturated rings. The fourth-order valence-electron chi connectivity index (χ4n) is 2.66. The normalized spacial score (nSPS) is 11.7. The quantitative estimate of drug-likeness (QED) is 0.469. The molecule has 0 aliphatic carbocycles. The van der Waals surface area contributed by atoms with Gasteiger partial charge in [-0.05, 0) is 29.3 Å². The lowest BCUT2D eigenvalue weighted by atomic mass is 10.2. The van der Waals surface area contributed by atoms with Gasteiger partial charge in [-0.25, -0.2) is 9.98 Å². The molecule has 0 spiro atoms. The summed E-state index contributed by atoms with van der Waals surface area (Å²) in [6, 6.07) is 23.3. The number of aromatic nitrogens is 2. The van der Waals surface area contributed by atoms with E-state index in [4.69, 9.17) is 4.99 Å². The molecule has 5 heteroatoms. The van der Waals surface area contributed by atoms with Crippen molar-refractivity contribution in [1.82, 2.24) is 9.55 Å². The van der Waals surface area contributed by atoms with E-state index in [1.807, 2.05) is 60.8 Å². The molecule has 0 bridgehead atoms. The summed E-state index contributed by atoms with van der Waals surface area (Å²) in [6.07, 6.45) is 3.51. The highest BCUT2D eigenvalue weighted by Gasteiger charge is 2.08. The first-order valence-corrected chi connectivity index (χ1v) is 9.05. The van der Waals surface area contributed by atoms with Gasteiger partial charge in [0.05, 0.1) is 10.6 Å². The van der Waals surface area contributed by atoms with E-state index in [0.29, 0.717) is 6.54 Å². The number of para-hydroxylation sites is 1. The van der Waals surface area contributed by atoms with Crippen molar-refractivity contribution in [2.75, 3.05) is 0 Å². The molecular formula is C21H16FN3S. The number of benzene rings is 2. The van der Waals surface area contributed by atoms with Gasteiger partial charge in [0.25, 0.3) is 0 Å². The van der Waals surface area contributed by atoms with Crippen LogP contribution in [-0.4, -0.2) is 9.55 Å². The second-order valence-corrected chi connectivity index (χ2v) is 6.82. The Bertz CT molecular complexity index is 1070. The number of hydrogen-bond donors (Lipinski definition) is 0. The summed E-state index contributed by atoms with van der Waals surface area (Å²) in [6.45, 7) is 0.705. The molecule has 4 rings (SSSR count). The number of pyridine rings is 1. The predicted molar refractivity (Wildman–Crippen MR) is 103 cm³/mol. The lowest BCUT2D eigenvalue weighted by molar-refractivity contribution is 0.584. The fraction of sp³-hybridized carbons (Fsp3) is 0.0476. The molecule has 0 radical (unpaired) electrons. The topological polar surface area (TPSA) is 30.2 Å². The lowest BCUT2D eigenvalue weighted by Gasteiger charge is -2.03. The molecule has 3 nitrogen and oxygen atoms in total. The first kappa shape index (κ1) is 16.4. The van der Waals surface area contributed by atoms with E-state index in [0.717, 1.165) is 20.9 Å². The number of hydrogen-bond acceptors (Lipinski definition) is 3. The molecule has 0 unspecified atom stereocenters. The molecule has 0 saturated heterocycles. The van der Waals surface area contributed by atoms with Gasteiger partial charge >= 0.3 is 0 Å². The van der Waals surface area contributed by atoms with Crippen molar-refractivity contribution in [3.63, 3.8) is 0 Å². The van der Waals surface area contributed by atoms with E-state index in [2.05, 4.69) is 21.7 Å². The molecule has 0 aliphatic rings. The van der Waals surface area contributed by atoms with Crippen molar-refractivity contribution in [1.29, 1.82) is 0 Å². The summed E-state index contributed by atoms with van der Waals surface area (Å²) in [5.74, 6) is -0.480. The van der Waals surface area contributed by atoms with Crippen LogP contribution in [0.2, 0.25) is 0 Å². The van der Waals surface area contributed by atoms with Crippen molar-refractivity contribution >= 4 is 17.0 Å². The molecule has 0 amide bonds. The van der Waals surface area contributed by atoms with Gasteiger partial charge in [-0.1, -0.05) is 59.9 Å². The molecule has 2 aromatic carbocycles. The molecule has 2 heterocycles. The highest BCUT2D eigenvalue weighted by molar-refractivity contribution is 7.12. The largest absolute Gasteiger partial charge is 0.319 e. The van der Waals surface area contributed by atoms with Gasteiger partial charge in [-0.3, -0.25) is 0 Å². The van der Waals surface area contributed by atoms with E-state index >= 15 is 0 Å². The lowest BCUT2D eigenvalue weighted by Crippen LogP contribution is -2.14. The highest BCUT2D eigenvalue weighted by atomic mass is 32.1. The van der Waals surface area contributed by atoms with Crippen molar-refractivity contribution < 1.29 is 4.39 Å². The molecule has 0 aliphatic heterocycles. The molecule has 0 N–H and O–H groups in total. The Hall–Kier alpha value is -3.05. The third-order valence-electron chi connectivity index (χ3n) is 3.91. The maximum atomic E-state index is 13.5. The minimum atomic E-state index is -0.480. The SMILES string of the molecule is Fc1cc(-c2cn(Cc3ccccc3)/c(=N\c3ccccc3)s2)ccn1. The zero-order chi connectivity index (χ0) is 17.8. The number of halogens is 1. The average molecular weight is 361 g/mol. The van der Waals surface area contributed by atoms with Crippen LogP contribution in [0.1, 0.15) is 5.56 Å². The zero-order valence-electron chi connectivity index (χ0n) is 13.9. The fourth-order valence-corrected chi connectivity index (χ4v) is 3.67. The Morgan fingerprint density at radius 3 is 2.42 bits per heavy atom.